The highest BCUT2D eigenvalue weighted by atomic mass is 16.4. The SMILES string of the molecule is Cc1cc(/C(N)=N/O)nc(N(C)C(C)C(C)(C)C)n1. The normalized spacial score (nSPS) is 14.3. The number of hydrogen-bond acceptors (Lipinski definition) is 5. The Labute approximate surface area is 114 Å². The van der Waals surface area contributed by atoms with Gasteiger partial charge in [0, 0.05) is 18.8 Å². The van der Waals surface area contributed by atoms with Crippen LogP contribution in [-0.4, -0.2) is 34.1 Å². The summed E-state index contributed by atoms with van der Waals surface area (Å²) in [7, 11) is 1.95. The van der Waals surface area contributed by atoms with Crippen molar-refractivity contribution >= 4 is 11.8 Å². The molecule has 0 aromatic carbocycles. The first-order valence-corrected chi connectivity index (χ1v) is 6.23. The number of amidine groups is 1. The Morgan fingerprint density at radius 1 is 1.42 bits per heavy atom. The van der Waals surface area contributed by atoms with Crippen molar-refractivity contribution in [1.29, 1.82) is 0 Å². The van der Waals surface area contributed by atoms with Crippen LogP contribution in [0.3, 0.4) is 0 Å². The zero-order valence-corrected chi connectivity index (χ0v) is 12.5. The van der Waals surface area contributed by atoms with Gasteiger partial charge in [-0.25, -0.2) is 9.97 Å². The van der Waals surface area contributed by atoms with Gasteiger partial charge < -0.3 is 15.8 Å². The molecule has 1 rings (SSSR count). The molecule has 0 amide bonds. The van der Waals surface area contributed by atoms with Gasteiger partial charge in [-0.2, -0.15) is 0 Å². The molecule has 0 saturated carbocycles. The van der Waals surface area contributed by atoms with Gasteiger partial charge in [0.05, 0.1) is 0 Å². The summed E-state index contributed by atoms with van der Waals surface area (Å²) < 4.78 is 0. The third-order valence-electron chi connectivity index (χ3n) is 3.36. The molecule has 0 fully saturated rings. The van der Waals surface area contributed by atoms with E-state index >= 15 is 0 Å². The fraction of sp³-hybridized carbons (Fsp3) is 0.615. The van der Waals surface area contributed by atoms with Crippen LogP contribution in [0.5, 0.6) is 0 Å². The number of aromatic nitrogens is 2. The Hall–Kier alpha value is -1.85. The predicted octanol–water partition coefficient (Wildman–Crippen LogP) is 1.75. The summed E-state index contributed by atoms with van der Waals surface area (Å²) in [6, 6.07) is 1.93. The Morgan fingerprint density at radius 2 is 2.00 bits per heavy atom. The zero-order valence-electron chi connectivity index (χ0n) is 12.5. The summed E-state index contributed by atoms with van der Waals surface area (Å²) in [6.45, 7) is 10.5. The molecule has 106 valence electrons. The van der Waals surface area contributed by atoms with E-state index < -0.39 is 0 Å². The topological polar surface area (TPSA) is 87.6 Å². The van der Waals surface area contributed by atoms with Crippen LogP contribution in [0.1, 0.15) is 39.1 Å². The second kappa shape index (κ2) is 5.42. The molecule has 0 spiro atoms. The molecule has 1 aromatic heterocycles. The number of hydrogen-bond donors (Lipinski definition) is 2. The van der Waals surface area contributed by atoms with Crippen LogP contribution in [0.25, 0.3) is 0 Å². The van der Waals surface area contributed by atoms with Gasteiger partial charge >= 0.3 is 0 Å². The van der Waals surface area contributed by atoms with E-state index in [9.17, 15) is 0 Å². The van der Waals surface area contributed by atoms with Crippen molar-refractivity contribution in [3.05, 3.63) is 17.5 Å². The molecule has 1 unspecified atom stereocenters. The Morgan fingerprint density at radius 3 is 2.47 bits per heavy atom. The maximum absolute atomic E-state index is 8.74. The molecule has 6 nitrogen and oxygen atoms in total. The van der Waals surface area contributed by atoms with Crippen LogP contribution in [-0.2, 0) is 0 Å². The van der Waals surface area contributed by atoms with Crippen molar-refractivity contribution < 1.29 is 5.21 Å². The number of anilines is 1. The average Bonchev–Trinajstić information content (AvgIpc) is 2.34. The van der Waals surface area contributed by atoms with E-state index in [-0.39, 0.29) is 17.3 Å². The van der Waals surface area contributed by atoms with Crippen molar-refractivity contribution in [1.82, 2.24) is 9.97 Å². The highest BCUT2D eigenvalue weighted by Gasteiger charge is 2.26. The van der Waals surface area contributed by atoms with Crippen molar-refractivity contribution in [2.75, 3.05) is 11.9 Å². The Kier molecular flexibility index (Phi) is 4.34. The molecular weight excluding hydrogens is 242 g/mol. The number of rotatable bonds is 3. The number of nitrogens with zero attached hydrogens (tertiary/aromatic N) is 4. The first-order chi connectivity index (χ1) is 8.66. The minimum absolute atomic E-state index is 0.0106. The molecule has 0 aliphatic carbocycles. The van der Waals surface area contributed by atoms with Crippen molar-refractivity contribution in [3.63, 3.8) is 0 Å². The molecule has 1 atom stereocenters. The van der Waals surface area contributed by atoms with Crippen LogP contribution >= 0.6 is 0 Å². The van der Waals surface area contributed by atoms with E-state index in [0.29, 0.717) is 11.6 Å². The Balaban J connectivity index is 3.17. The predicted molar refractivity (Wildman–Crippen MR) is 76.6 cm³/mol. The zero-order chi connectivity index (χ0) is 14.8. The summed E-state index contributed by atoms with van der Waals surface area (Å²) >= 11 is 0. The maximum atomic E-state index is 8.74. The highest BCUT2D eigenvalue weighted by molar-refractivity contribution is 5.95. The van der Waals surface area contributed by atoms with Crippen LogP contribution in [0.4, 0.5) is 5.95 Å². The molecule has 19 heavy (non-hydrogen) atoms. The van der Waals surface area contributed by atoms with Gasteiger partial charge in [-0.05, 0) is 25.3 Å². The molecule has 0 bridgehead atoms. The van der Waals surface area contributed by atoms with Crippen molar-refractivity contribution in [2.45, 2.75) is 40.7 Å². The third kappa shape index (κ3) is 3.56. The molecule has 0 aliphatic rings. The van der Waals surface area contributed by atoms with Gasteiger partial charge in [0.2, 0.25) is 5.95 Å². The molecule has 1 heterocycles. The van der Waals surface area contributed by atoms with Gasteiger partial charge in [-0.1, -0.05) is 25.9 Å². The highest BCUT2D eigenvalue weighted by Crippen LogP contribution is 2.25. The quantitative estimate of drug-likeness (QED) is 0.376. The van der Waals surface area contributed by atoms with Gasteiger partial charge in [0.15, 0.2) is 5.84 Å². The van der Waals surface area contributed by atoms with Gasteiger partial charge in [-0.3, -0.25) is 0 Å². The van der Waals surface area contributed by atoms with Gasteiger partial charge in [0.25, 0.3) is 0 Å². The molecule has 6 heteroatoms. The van der Waals surface area contributed by atoms with E-state index in [1.807, 2.05) is 18.9 Å². The van der Waals surface area contributed by atoms with E-state index in [4.69, 9.17) is 10.9 Å². The van der Waals surface area contributed by atoms with Gasteiger partial charge in [0.1, 0.15) is 5.69 Å². The second-order valence-corrected chi connectivity index (χ2v) is 5.83. The first-order valence-electron chi connectivity index (χ1n) is 6.23. The van der Waals surface area contributed by atoms with Crippen LogP contribution in [0, 0.1) is 12.3 Å². The molecule has 0 aliphatic heterocycles. The molecule has 0 saturated heterocycles. The summed E-state index contributed by atoms with van der Waals surface area (Å²) in [4.78, 5) is 10.7. The number of aryl methyl sites for hydroxylation is 1. The molecule has 3 N–H and O–H groups in total. The molecule has 0 radical (unpaired) electrons. The summed E-state index contributed by atoms with van der Waals surface area (Å²) in [5, 5.41) is 11.7. The van der Waals surface area contributed by atoms with Crippen molar-refractivity contribution in [3.8, 4) is 0 Å². The Bertz CT molecular complexity index is 478. The lowest BCUT2D eigenvalue weighted by Crippen LogP contribution is -2.40. The maximum Gasteiger partial charge on any atom is 0.226 e. The standard InChI is InChI=1S/C13H23N5O/c1-8-7-10(11(14)17-19)16-12(15-8)18(6)9(2)13(3,4)5/h7,9,19H,1-6H3,(H2,14,17). The summed E-state index contributed by atoms with van der Waals surface area (Å²) in [5.41, 5.74) is 6.89. The van der Waals surface area contributed by atoms with E-state index in [2.05, 4.69) is 42.8 Å². The van der Waals surface area contributed by atoms with Crippen LogP contribution < -0.4 is 10.6 Å². The lowest BCUT2D eigenvalue weighted by Gasteiger charge is -2.35. The first kappa shape index (κ1) is 15.2. The largest absolute Gasteiger partial charge is 0.409 e. The monoisotopic (exact) mass is 265 g/mol. The second-order valence-electron chi connectivity index (χ2n) is 5.83. The fourth-order valence-electron chi connectivity index (χ4n) is 1.65. The van der Waals surface area contributed by atoms with E-state index in [1.54, 1.807) is 6.07 Å². The minimum Gasteiger partial charge on any atom is -0.409 e. The number of nitrogens with two attached hydrogens (primary N) is 1. The lowest BCUT2D eigenvalue weighted by molar-refractivity contribution is 0.318. The smallest absolute Gasteiger partial charge is 0.226 e. The number of oxime groups is 1. The average molecular weight is 265 g/mol. The lowest BCUT2D eigenvalue weighted by atomic mass is 9.87. The summed E-state index contributed by atoms with van der Waals surface area (Å²) in [5.74, 6) is 0.563. The van der Waals surface area contributed by atoms with Gasteiger partial charge in [-0.15, -0.1) is 0 Å². The van der Waals surface area contributed by atoms with E-state index in [1.165, 1.54) is 0 Å². The fourth-order valence-corrected chi connectivity index (χ4v) is 1.65. The van der Waals surface area contributed by atoms with Crippen LogP contribution in [0.15, 0.2) is 11.2 Å². The molecular formula is C13H23N5O. The molecule has 1 aromatic rings. The third-order valence-corrected chi connectivity index (χ3v) is 3.36. The van der Waals surface area contributed by atoms with Crippen LogP contribution in [0.2, 0.25) is 0 Å². The minimum atomic E-state index is -0.0106. The summed E-state index contributed by atoms with van der Waals surface area (Å²) in [6.07, 6.45) is 0. The van der Waals surface area contributed by atoms with E-state index in [0.717, 1.165) is 5.69 Å². The van der Waals surface area contributed by atoms with Crippen molar-refractivity contribution in [2.24, 2.45) is 16.3 Å².